The molecular weight excluding hydrogens is 420 g/mol. The van der Waals surface area contributed by atoms with E-state index < -0.39 is 5.54 Å². The van der Waals surface area contributed by atoms with Crippen molar-refractivity contribution in [2.45, 2.75) is 37.8 Å². The largest absolute Gasteiger partial charge is 0.485 e. The van der Waals surface area contributed by atoms with E-state index in [4.69, 9.17) is 4.74 Å². The minimum absolute atomic E-state index is 0.115. The van der Waals surface area contributed by atoms with Crippen LogP contribution in [0, 0.1) is 0 Å². The molecule has 0 fully saturated rings. The van der Waals surface area contributed by atoms with Crippen LogP contribution < -0.4 is 0 Å². The van der Waals surface area contributed by atoms with E-state index in [0.717, 1.165) is 16.7 Å². The number of fused-ring (bicyclic) bond motifs is 1. The van der Waals surface area contributed by atoms with Gasteiger partial charge in [0.25, 0.3) is 5.91 Å². The van der Waals surface area contributed by atoms with Gasteiger partial charge in [0.05, 0.1) is 0 Å². The number of nitrogens with zero attached hydrogens (tertiary/aromatic N) is 2. The van der Waals surface area contributed by atoms with Gasteiger partial charge >= 0.3 is 0 Å². The van der Waals surface area contributed by atoms with Gasteiger partial charge in [0, 0.05) is 18.0 Å². The van der Waals surface area contributed by atoms with Crippen LogP contribution in [0.4, 0.5) is 0 Å². The summed E-state index contributed by atoms with van der Waals surface area (Å²) in [7, 11) is 0. The van der Waals surface area contributed by atoms with Gasteiger partial charge in [-0.15, -0.1) is 0 Å². The Balaban J connectivity index is 1.55. The summed E-state index contributed by atoms with van der Waals surface area (Å²) in [5.41, 5.74) is 2.36. The van der Waals surface area contributed by atoms with Gasteiger partial charge in [-0.25, -0.2) is 0 Å². The van der Waals surface area contributed by atoms with E-state index in [1.807, 2.05) is 90.0 Å². The van der Waals surface area contributed by atoms with Crippen LogP contribution in [0.25, 0.3) is 0 Å². The van der Waals surface area contributed by atoms with E-state index in [1.165, 1.54) is 0 Å². The minimum atomic E-state index is -0.913. The van der Waals surface area contributed by atoms with Gasteiger partial charge in [0.2, 0.25) is 0 Å². The third-order valence-electron chi connectivity index (χ3n) is 7.04. The number of hydrogen-bond acceptors (Lipinski definition) is 3. The second kappa shape index (κ2) is 9.14. The van der Waals surface area contributed by atoms with Crippen LogP contribution in [0.2, 0.25) is 0 Å². The molecule has 4 heteroatoms. The number of amides is 1. The number of amidine groups is 1. The molecule has 0 aliphatic carbocycles. The summed E-state index contributed by atoms with van der Waals surface area (Å²) >= 11 is 0. The molecule has 34 heavy (non-hydrogen) atoms. The van der Waals surface area contributed by atoms with Crippen LogP contribution in [-0.4, -0.2) is 22.2 Å². The van der Waals surface area contributed by atoms with Crippen LogP contribution in [0.1, 0.15) is 42.4 Å². The average Bonchev–Trinajstić information content (AvgIpc) is 3.21. The normalized spacial score (nSPS) is 20.9. The Morgan fingerprint density at radius 2 is 1.35 bits per heavy atom. The Labute approximate surface area is 200 Å². The zero-order valence-electron chi connectivity index (χ0n) is 19.5. The van der Waals surface area contributed by atoms with Crippen molar-refractivity contribution in [3.63, 3.8) is 0 Å². The first-order valence-corrected chi connectivity index (χ1v) is 11.7. The number of allylic oxidation sites excluding steroid dienone is 2. The highest BCUT2D eigenvalue weighted by molar-refractivity contribution is 6.14. The maximum absolute atomic E-state index is 14.0. The summed E-state index contributed by atoms with van der Waals surface area (Å²) in [5, 5.41) is 0. The smallest absolute Gasteiger partial charge is 0.275 e. The lowest BCUT2D eigenvalue weighted by atomic mass is 9.68. The topological polar surface area (TPSA) is 41.9 Å². The fraction of sp³-hybridized carbons (Fsp3) is 0.200. The standard InChI is InChI=1S/C30H28N2O2/c1-22(25-15-8-4-9-16-25)30(23(2)26-17-10-5-11-18-26)29(33)31-28-27(19-12-20-32(28)30)34-21-24-13-6-3-7-14-24/h3-20,22-23H,21H2,1-2H3. The zero-order valence-corrected chi connectivity index (χ0v) is 19.5. The van der Waals surface area contributed by atoms with Gasteiger partial charge in [-0.2, -0.15) is 4.99 Å². The fourth-order valence-corrected chi connectivity index (χ4v) is 5.18. The molecule has 3 aromatic rings. The lowest BCUT2D eigenvalue weighted by Gasteiger charge is -2.46. The first kappa shape index (κ1) is 21.9. The highest BCUT2D eigenvalue weighted by Gasteiger charge is 2.58. The third kappa shape index (κ3) is 3.65. The second-order valence-corrected chi connectivity index (χ2v) is 8.85. The highest BCUT2D eigenvalue weighted by Crippen LogP contribution is 2.49. The molecule has 170 valence electrons. The van der Waals surface area contributed by atoms with Crippen molar-refractivity contribution in [1.29, 1.82) is 0 Å². The summed E-state index contributed by atoms with van der Waals surface area (Å²) in [5.74, 6) is 0.818. The minimum Gasteiger partial charge on any atom is -0.485 e. The lowest BCUT2D eigenvalue weighted by molar-refractivity contribution is -0.126. The molecule has 0 N–H and O–H groups in total. The van der Waals surface area contributed by atoms with Crippen molar-refractivity contribution >= 4 is 11.7 Å². The Hall–Kier alpha value is -3.92. The molecule has 0 aromatic heterocycles. The molecular formula is C30H28N2O2. The predicted molar refractivity (Wildman–Crippen MR) is 135 cm³/mol. The summed E-state index contributed by atoms with van der Waals surface area (Å²) < 4.78 is 6.18. The number of carbonyl (C=O) groups excluding carboxylic acids is 1. The van der Waals surface area contributed by atoms with E-state index in [2.05, 4.69) is 43.1 Å². The SMILES string of the molecule is CC(c1ccccc1)C1(C(C)c2ccccc2)C(=O)N=C2C(OCc3ccccc3)=CC=CN21. The molecule has 0 saturated carbocycles. The molecule has 1 amide bonds. The van der Waals surface area contributed by atoms with Crippen molar-refractivity contribution in [1.82, 2.24) is 4.90 Å². The number of ether oxygens (including phenoxy) is 1. The van der Waals surface area contributed by atoms with Gasteiger partial charge in [0.15, 0.2) is 11.6 Å². The Kier molecular flexibility index (Phi) is 5.89. The Morgan fingerprint density at radius 1 is 0.824 bits per heavy atom. The molecule has 0 saturated heterocycles. The van der Waals surface area contributed by atoms with E-state index in [-0.39, 0.29) is 17.7 Å². The van der Waals surface area contributed by atoms with Gasteiger partial charge in [0.1, 0.15) is 12.1 Å². The number of carbonyl (C=O) groups is 1. The number of benzene rings is 3. The lowest BCUT2D eigenvalue weighted by Crippen LogP contribution is -2.56. The first-order chi connectivity index (χ1) is 16.6. The van der Waals surface area contributed by atoms with Crippen molar-refractivity contribution in [2.24, 2.45) is 4.99 Å². The Morgan fingerprint density at radius 3 is 1.91 bits per heavy atom. The van der Waals surface area contributed by atoms with Crippen LogP contribution in [-0.2, 0) is 16.1 Å². The van der Waals surface area contributed by atoms with Crippen molar-refractivity contribution in [3.05, 3.63) is 132 Å². The number of aliphatic imine (C=N–C) groups is 1. The molecule has 2 aliphatic rings. The third-order valence-corrected chi connectivity index (χ3v) is 7.04. The number of hydrogen-bond donors (Lipinski definition) is 0. The molecule has 0 bridgehead atoms. The maximum atomic E-state index is 14.0. The molecule has 2 atom stereocenters. The molecule has 2 unspecified atom stereocenters. The van der Waals surface area contributed by atoms with Crippen molar-refractivity contribution < 1.29 is 9.53 Å². The first-order valence-electron chi connectivity index (χ1n) is 11.7. The van der Waals surface area contributed by atoms with Gasteiger partial charge in [-0.1, -0.05) is 105 Å². The van der Waals surface area contributed by atoms with Crippen LogP contribution in [0.5, 0.6) is 0 Å². The van der Waals surface area contributed by atoms with E-state index in [1.54, 1.807) is 0 Å². The quantitative estimate of drug-likeness (QED) is 0.432. The molecule has 0 spiro atoms. The predicted octanol–water partition coefficient (Wildman–Crippen LogP) is 6.20. The molecule has 4 nitrogen and oxygen atoms in total. The van der Waals surface area contributed by atoms with Crippen LogP contribution in [0.15, 0.2) is 120 Å². The van der Waals surface area contributed by atoms with Gasteiger partial charge < -0.3 is 9.64 Å². The van der Waals surface area contributed by atoms with Crippen molar-refractivity contribution in [2.75, 3.05) is 0 Å². The van der Waals surface area contributed by atoms with Gasteiger partial charge in [-0.05, 0) is 28.8 Å². The molecule has 5 rings (SSSR count). The summed E-state index contributed by atoms with van der Waals surface area (Å²) in [6, 6.07) is 30.5. The molecule has 2 aliphatic heterocycles. The zero-order chi connectivity index (χ0) is 23.5. The van der Waals surface area contributed by atoms with Gasteiger partial charge in [-0.3, -0.25) is 4.79 Å². The van der Waals surface area contributed by atoms with E-state index in [0.29, 0.717) is 18.2 Å². The highest BCUT2D eigenvalue weighted by atomic mass is 16.5. The monoisotopic (exact) mass is 448 g/mol. The summed E-state index contributed by atoms with van der Waals surface area (Å²) in [4.78, 5) is 20.6. The van der Waals surface area contributed by atoms with E-state index >= 15 is 0 Å². The van der Waals surface area contributed by atoms with Crippen molar-refractivity contribution in [3.8, 4) is 0 Å². The summed E-state index contributed by atoms with van der Waals surface area (Å²) in [6.07, 6.45) is 5.81. The fourth-order valence-electron chi connectivity index (χ4n) is 5.18. The Bertz CT molecular complexity index is 1200. The summed E-state index contributed by atoms with van der Waals surface area (Å²) in [6.45, 7) is 4.67. The van der Waals surface area contributed by atoms with E-state index in [9.17, 15) is 4.79 Å². The van der Waals surface area contributed by atoms with Crippen LogP contribution >= 0.6 is 0 Å². The molecule has 3 aromatic carbocycles. The molecule has 2 heterocycles. The van der Waals surface area contributed by atoms with Crippen LogP contribution in [0.3, 0.4) is 0 Å². The maximum Gasteiger partial charge on any atom is 0.275 e. The number of rotatable bonds is 7. The second-order valence-electron chi connectivity index (χ2n) is 8.85. The average molecular weight is 449 g/mol. The molecule has 0 radical (unpaired) electrons.